The molecular formula is C21H23N3O4S2. The average molecular weight is 446 g/mol. The molecular weight excluding hydrogens is 422 g/mol. The highest BCUT2D eigenvalue weighted by atomic mass is 32.2. The molecule has 3 aromatic rings. The number of piperazine rings is 1. The first-order valence-electron chi connectivity index (χ1n) is 9.73. The summed E-state index contributed by atoms with van der Waals surface area (Å²) in [5.41, 5.74) is 1.17. The van der Waals surface area contributed by atoms with E-state index in [1.54, 1.807) is 48.5 Å². The van der Waals surface area contributed by atoms with Gasteiger partial charge in [-0.15, -0.1) is 0 Å². The van der Waals surface area contributed by atoms with Gasteiger partial charge in [0.2, 0.25) is 0 Å². The number of aromatic nitrogens is 1. The number of methoxy groups -OCH3 is 1. The van der Waals surface area contributed by atoms with Crippen LogP contribution in [0, 0.1) is 0 Å². The molecule has 7 nitrogen and oxygen atoms in total. The van der Waals surface area contributed by atoms with Crippen molar-refractivity contribution in [2.45, 2.75) is 11.8 Å². The summed E-state index contributed by atoms with van der Waals surface area (Å²) in [6.45, 7) is 3.90. The quantitative estimate of drug-likeness (QED) is 0.601. The van der Waals surface area contributed by atoms with Crippen molar-refractivity contribution < 1.29 is 17.9 Å². The molecule has 9 heteroatoms. The van der Waals surface area contributed by atoms with Gasteiger partial charge < -0.3 is 14.5 Å². The van der Waals surface area contributed by atoms with E-state index in [-0.39, 0.29) is 22.1 Å². The van der Waals surface area contributed by atoms with E-state index in [1.807, 2.05) is 18.2 Å². The molecule has 0 bridgehead atoms. The van der Waals surface area contributed by atoms with Gasteiger partial charge in [0, 0.05) is 26.2 Å². The molecule has 0 radical (unpaired) electrons. The van der Waals surface area contributed by atoms with Gasteiger partial charge >= 0.3 is 0 Å². The fourth-order valence-corrected chi connectivity index (χ4v) is 5.63. The maximum Gasteiger partial charge on any atom is 0.255 e. The van der Waals surface area contributed by atoms with E-state index >= 15 is 0 Å². The molecule has 1 aliphatic heterocycles. The highest BCUT2D eigenvalue weighted by molar-refractivity contribution is 7.91. The Morgan fingerprint density at radius 1 is 1.13 bits per heavy atom. The lowest BCUT2D eigenvalue weighted by molar-refractivity contribution is 0.0743. The standard InChI is InChI=1S/C21H23N3O4S2/c1-3-30(26,27)19-7-5-4-6-16(19)20(25)23-10-12-24(13-11-23)21-22-17-9-8-15(28-2)14-18(17)29-21/h4-9,14H,3,10-13H2,1-2H3. The van der Waals surface area contributed by atoms with Gasteiger partial charge in [0.05, 0.1) is 33.5 Å². The molecule has 2 aromatic carbocycles. The minimum absolute atomic E-state index is 0.0343. The van der Waals surface area contributed by atoms with Gasteiger partial charge in [0.25, 0.3) is 5.91 Å². The Kier molecular flexibility index (Phi) is 5.66. The number of fused-ring (bicyclic) bond motifs is 1. The van der Waals surface area contributed by atoms with E-state index in [4.69, 9.17) is 9.72 Å². The third-order valence-corrected chi connectivity index (χ3v) is 8.12. The monoisotopic (exact) mass is 445 g/mol. The van der Waals surface area contributed by atoms with Gasteiger partial charge in [-0.25, -0.2) is 13.4 Å². The molecule has 0 spiro atoms. The predicted octanol–water partition coefficient (Wildman–Crippen LogP) is 3.06. The van der Waals surface area contributed by atoms with Crippen molar-refractivity contribution in [3.05, 3.63) is 48.0 Å². The third kappa shape index (κ3) is 3.87. The zero-order valence-corrected chi connectivity index (χ0v) is 18.5. The molecule has 1 aromatic heterocycles. The molecule has 30 heavy (non-hydrogen) atoms. The summed E-state index contributed by atoms with van der Waals surface area (Å²) in [7, 11) is -1.82. The Balaban J connectivity index is 1.50. The van der Waals surface area contributed by atoms with Crippen LogP contribution in [0.3, 0.4) is 0 Å². The number of amides is 1. The lowest BCUT2D eigenvalue weighted by atomic mass is 10.2. The number of ether oxygens (including phenoxy) is 1. The molecule has 1 saturated heterocycles. The van der Waals surface area contributed by atoms with Gasteiger partial charge in [-0.05, 0) is 30.3 Å². The van der Waals surface area contributed by atoms with Gasteiger partial charge in [0.15, 0.2) is 15.0 Å². The van der Waals surface area contributed by atoms with E-state index in [0.717, 1.165) is 21.1 Å². The van der Waals surface area contributed by atoms with Crippen LogP contribution in [0.1, 0.15) is 17.3 Å². The van der Waals surface area contributed by atoms with Crippen molar-refractivity contribution in [2.24, 2.45) is 0 Å². The van der Waals surface area contributed by atoms with Gasteiger partial charge in [-0.3, -0.25) is 4.79 Å². The number of thiazole rings is 1. The summed E-state index contributed by atoms with van der Waals surface area (Å²) in [6, 6.07) is 12.3. The second-order valence-corrected chi connectivity index (χ2v) is 10.3. The zero-order chi connectivity index (χ0) is 21.3. The maximum atomic E-state index is 13.1. The van der Waals surface area contributed by atoms with E-state index in [2.05, 4.69) is 4.90 Å². The largest absolute Gasteiger partial charge is 0.497 e. The first-order chi connectivity index (χ1) is 14.4. The number of anilines is 1. The molecule has 1 fully saturated rings. The molecule has 2 heterocycles. The van der Waals surface area contributed by atoms with Crippen LogP contribution in [0.15, 0.2) is 47.4 Å². The SMILES string of the molecule is CCS(=O)(=O)c1ccccc1C(=O)N1CCN(c2nc3ccc(OC)cc3s2)CC1. The maximum absolute atomic E-state index is 13.1. The number of carbonyl (C=O) groups is 1. The molecule has 1 amide bonds. The number of hydrogen-bond acceptors (Lipinski definition) is 7. The van der Waals surface area contributed by atoms with Crippen LogP contribution >= 0.6 is 11.3 Å². The Labute approximate surface area is 179 Å². The number of benzene rings is 2. The highest BCUT2D eigenvalue weighted by Crippen LogP contribution is 2.32. The van der Waals surface area contributed by atoms with Gasteiger partial charge in [-0.1, -0.05) is 30.4 Å². The lowest BCUT2D eigenvalue weighted by Crippen LogP contribution is -2.49. The van der Waals surface area contributed by atoms with Crippen LogP contribution in [-0.4, -0.2) is 63.3 Å². The number of nitrogens with zero attached hydrogens (tertiary/aromatic N) is 3. The minimum atomic E-state index is -3.46. The van der Waals surface area contributed by atoms with Crippen molar-refractivity contribution >= 4 is 42.4 Å². The molecule has 158 valence electrons. The van der Waals surface area contributed by atoms with Crippen LogP contribution in [0.25, 0.3) is 10.2 Å². The molecule has 0 unspecified atom stereocenters. The first kappa shape index (κ1) is 20.6. The molecule has 0 N–H and O–H groups in total. The van der Waals surface area contributed by atoms with E-state index in [1.165, 1.54) is 6.07 Å². The third-order valence-electron chi connectivity index (χ3n) is 5.25. The van der Waals surface area contributed by atoms with E-state index in [9.17, 15) is 13.2 Å². The summed E-state index contributed by atoms with van der Waals surface area (Å²) < 4.78 is 31.1. The smallest absolute Gasteiger partial charge is 0.255 e. The van der Waals surface area contributed by atoms with Crippen molar-refractivity contribution in [1.82, 2.24) is 9.88 Å². The molecule has 0 saturated carbocycles. The summed E-state index contributed by atoms with van der Waals surface area (Å²) in [5, 5.41) is 0.916. The normalized spacial score (nSPS) is 14.9. The Hall–Kier alpha value is -2.65. The summed E-state index contributed by atoms with van der Waals surface area (Å²) in [4.78, 5) is 21.7. The molecule has 0 aliphatic carbocycles. The Morgan fingerprint density at radius 2 is 1.87 bits per heavy atom. The molecule has 1 aliphatic rings. The van der Waals surface area contributed by atoms with Crippen LogP contribution in [0.2, 0.25) is 0 Å². The fraction of sp³-hybridized carbons (Fsp3) is 0.333. The van der Waals surface area contributed by atoms with Crippen molar-refractivity contribution in [3.8, 4) is 5.75 Å². The Bertz CT molecular complexity index is 1180. The number of hydrogen-bond donors (Lipinski definition) is 0. The van der Waals surface area contributed by atoms with E-state index < -0.39 is 9.84 Å². The first-order valence-corrected chi connectivity index (χ1v) is 12.2. The van der Waals surface area contributed by atoms with E-state index in [0.29, 0.717) is 26.2 Å². The van der Waals surface area contributed by atoms with Crippen molar-refractivity contribution in [2.75, 3.05) is 43.9 Å². The summed E-state index contributed by atoms with van der Waals surface area (Å²) in [6.07, 6.45) is 0. The van der Waals surface area contributed by atoms with Gasteiger partial charge in [-0.2, -0.15) is 0 Å². The second kappa shape index (κ2) is 8.23. The summed E-state index contributed by atoms with van der Waals surface area (Å²) in [5.74, 6) is 0.526. The number of carbonyl (C=O) groups excluding carboxylic acids is 1. The van der Waals surface area contributed by atoms with Crippen molar-refractivity contribution in [1.29, 1.82) is 0 Å². The molecule has 0 atom stereocenters. The zero-order valence-electron chi connectivity index (χ0n) is 16.9. The average Bonchev–Trinajstić information content (AvgIpc) is 3.22. The lowest BCUT2D eigenvalue weighted by Gasteiger charge is -2.34. The molecule has 4 rings (SSSR count). The fourth-order valence-electron chi connectivity index (χ4n) is 3.50. The topological polar surface area (TPSA) is 79.8 Å². The highest BCUT2D eigenvalue weighted by Gasteiger charge is 2.27. The van der Waals surface area contributed by atoms with Crippen LogP contribution in [0.4, 0.5) is 5.13 Å². The van der Waals surface area contributed by atoms with Crippen molar-refractivity contribution in [3.63, 3.8) is 0 Å². The second-order valence-electron chi connectivity index (χ2n) is 7.01. The number of sulfone groups is 1. The van der Waals surface area contributed by atoms with Crippen LogP contribution in [0.5, 0.6) is 5.75 Å². The van der Waals surface area contributed by atoms with Crippen LogP contribution < -0.4 is 9.64 Å². The summed E-state index contributed by atoms with van der Waals surface area (Å²) >= 11 is 1.60. The Morgan fingerprint density at radius 3 is 2.57 bits per heavy atom. The number of rotatable bonds is 5. The predicted molar refractivity (Wildman–Crippen MR) is 118 cm³/mol. The van der Waals surface area contributed by atoms with Gasteiger partial charge in [0.1, 0.15) is 5.75 Å². The van der Waals surface area contributed by atoms with Crippen LogP contribution in [-0.2, 0) is 9.84 Å². The minimum Gasteiger partial charge on any atom is -0.497 e.